The fourth-order valence-electron chi connectivity index (χ4n) is 2.09. The Morgan fingerprint density at radius 1 is 1.31 bits per heavy atom. The van der Waals surface area contributed by atoms with Crippen molar-refractivity contribution in [3.05, 3.63) is 35.4 Å². The Bertz CT molecular complexity index is 392. The highest BCUT2D eigenvalue weighted by Crippen LogP contribution is 2.30. The molecule has 0 spiro atoms. The molecule has 0 bridgehead atoms. The Hall–Kier alpha value is -1.31. The molecule has 1 aliphatic heterocycles. The van der Waals surface area contributed by atoms with Crippen molar-refractivity contribution >= 4 is 5.91 Å². The van der Waals surface area contributed by atoms with Crippen LogP contribution < -0.4 is 0 Å². The number of benzene rings is 1. The number of carbonyl (C=O) groups is 1. The summed E-state index contributed by atoms with van der Waals surface area (Å²) in [7, 11) is 0. The molecule has 1 saturated heterocycles. The third-order valence-corrected chi connectivity index (χ3v) is 3.53. The van der Waals surface area contributed by atoms with E-state index in [1.807, 2.05) is 29.2 Å². The molecule has 1 fully saturated rings. The first-order valence-corrected chi connectivity index (χ1v) is 5.95. The van der Waals surface area contributed by atoms with E-state index in [0.717, 1.165) is 24.9 Å². The summed E-state index contributed by atoms with van der Waals surface area (Å²) in [5.41, 5.74) is 2.13. The molecule has 2 rings (SSSR count). The normalized spacial score (nSPS) is 18.1. The maximum Gasteiger partial charge on any atom is 0.254 e. The SMILES string of the molecule is CCc1ccc(C(=O)N2CCC2(C)C)cc1. The second-order valence-corrected chi connectivity index (χ2v) is 5.07. The summed E-state index contributed by atoms with van der Waals surface area (Å²) < 4.78 is 0. The molecule has 0 saturated carbocycles. The number of hydrogen-bond acceptors (Lipinski definition) is 1. The van der Waals surface area contributed by atoms with Crippen molar-refractivity contribution in [1.29, 1.82) is 0 Å². The molecular formula is C14H19NO. The van der Waals surface area contributed by atoms with Crippen molar-refractivity contribution in [2.75, 3.05) is 6.54 Å². The van der Waals surface area contributed by atoms with Gasteiger partial charge in [0.05, 0.1) is 0 Å². The number of rotatable bonds is 2. The third kappa shape index (κ3) is 1.84. The van der Waals surface area contributed by atoms with Crippen molar-refractivity contribution in [3.8, 4) is 0 Å². The maximum atomic E-state index is 12.2. The average molecular weight is 217 g/mol. The lowest BCUT2D eigenvalue weighted by molar-refractivity contribution is 0.0157. The van der Waals surface area contributed by atoms with Crippen LogP contribution in [0.4, 0.5) is 0 Å². The van der Waals surface area contributed by atoms with Crippen LogP contribution >= 0.6 is 0 Å². The van der Waals surface area contributed by atoms with Gasteiger partial charge >= 0.3 is 0 Å². The molecule has 0 N–H and O–H groups in total. The lowest BCUT2D eigenvalue weighted by Gasteiger charge is -2.48. The van der Waals surface area contributed by atoms with Gasteiger partial charge in [-0.2, -0.15) is 0 Å². The highest BCUT2D eigenvalue weighted by Gasteiger charge is 2.39. The van der Waals surface area contributed by atoms with Crippen LogP contribution in [0.25, 0.3) is 0 Å². The smallest absolute Gasteiger partial charge is 0.254 e. The largest absolute Gasteiger partial charge is 0.333 e. The van der Waals surface area contributed by atoms with E-state index in [4.69, 9.17) is 0 Å². The lowest BCUT2D eigenvalue weighted by atomic mass is 9.88. The molecule has 1 aliphatic rings. The van der Waals surface area contributed by atoms with Crippen LogP contribution in [0.3, 0.4) is 0 Å². The molecule has 0 aromatic heterocycles. The first kappa shape index (κ1) is 11.2. The second-order valence-electron chi connectivity index (χ2n) is 5.07. The van der Waals surface area contributed by atoms with Gasteiger partial charge in [0.2, 0.25) is 0 Å². The van der Waals surface area contributed by atoms with Crippen LogP contribution in [0.2, 0.25) is 0 Å². The minimum atomic E-state index is 0.0422. The summed E-state index contributed by atoms with van der Waals surface area (Å²) in [5, 5.41) is 0. The molecule has 2 heteroatoms. The van der Waals surface area contributed by atoms with Gasteiger partial charge in [0.25, 0.3) is 5.91 Å². The molecule has 0 unspecified atom stereocenters. The predicted octanol–water partition coefficient (Wildman–Crippen LogP) is 2.87. The number of aryl methyl sites for hydroxylation is 1. The summed E-state index contributed by atoms with van der Waals surface area (Å²) in [6.07, 6.45) is 2.12. The Morgan fingerprint density at radius 2 is 1.94 bits per heavy atom. The highest BCUT2D eigenvalue weighted by molar-refractivity contribution is 5.95. The minimum absolute atomic E-state index is 0.0422. The van der Waals surface area contributed by atoms with Crippen molar-refractivity contribution in [2.45, 2.75) is 39.2 Å². The standard InChI is InChI=1S/C14H19NO/c1-4-11-5-7-12(8-6-11)13(16)15-10-9-14(15,2)3/h5-8H,4,9-10H2,1-3H3. The van der Waals surface area contributed by atoms with Crippen molar-refractivity contribution in [2.24, 2.45) is 0 Å². The van der Waals surface area contributed by atoms with E-state index in [0.29, 0.717) is 0 Å². The molecule has 1 aromatic carbocycles. The number of carbonyl (C=O) groups excluding carboxylic acids is 1. The first-order valence-electron chi connectivity index (χ1n) is 5.95. The topological polar surface area (TPSA) is 20.3 Å². The second kappa shape index (κ2) is 3.93. The Kier molecular flexibility index (Phi) is 2.75. The molecule has 0 radical (unpaired) electrons. The van der Waals surface area contributed by atoms with Gasteiger partial charge in [0.15, 0.2) is 0 Å². The van der Waals surface area contributed by atoms with Gasteiger partial charge in [0.1, 0.15) is 0 Å². The number of likely N-dealkylation sites (tertiary alicyclic amines) is 1. The Morgan fingerprint density at radius 3 is 2.31 bits per heavy atom. The third-order valence-electron chi connectivity index (χ3n) is 3.53. The fourth-order valence-corrected chi connectivity index (χ4v) is 2.09. The van der Waals surface area contributed by atoms with Crippen LogP contribution in [-0.4, -0.2) is 22.9 Å². The van der Waals surface area contributed by atoms with E-state index in [2.05, 4.69) is 20.8 Å². The molecule has 86 valence electrons. The zero-order valence-electron chi connectivity index (χ0n) is 10.3. The summed E-state index contributed by atoms with van der Waals surface area (Å²) in [6.45, 7) is 7.25. The molecule has 1 aromatic rings. The van der Waals surface area contributed by atoms with Crippen molar-refractivity contribution < 1.29 is 4.79 Å². The zero-order valence-corrected chi connectivity index (χ0v) is 10.3. The average Bonchev–Trinajstić information content (AvgIpc) is 2.28. The minimum Gasteiger partial charge on any atom is -0.333 e. The molecule has 1 heterocycles. The van der Waals surface area contributed by atoms with E-state index in [1.165, 1.54) is 5.56 Å². The lowest BCUT2D eigenvalue weighted by Crippen LogP contribution is -2.58. The summed E-state index contributed by atoms with van der Waals surface area (Å²) in [4.78, 5) is 14.1. The number of hydrogen-bond donors (Lipinski definition) is 0. The predicted molar refractivity (Wildman–Crippen MR) is 65.6 cm³/mol. The monoisotopic (exact) mass is 217 g/mol. The highest BCUT2D eigenvalue weighted by atomic mass is 16.2. The van der Waals surface area contributed by atoms with Gasteiger partial charge in [-0.05, 0) is 44.4 Å². The van der Waals surface area contributed by atoms with Crippen LogP contribution in [0.5, 0.6) is 0 Å². The summed E-state index contributed by atoms with van der Waals surface area (Å²) in [5.74, 6) is 0.166. The van der Waals surface area contributed by atoms with Gasteiger partial charge in [0, 0.05) is 17.6 Å². The molecule has 1 amide bonds. The quantitative estimate of drug-likeness (QED) is 0.746. The van der Waals surface area contributed by atoms with Gasteiger partial charge in [-0.3, -0.25) is 4.79 Å². The summed E-state index contributed by atoms with van der Waals surface area (Å²) in [6, 6.07) is 7.96. The van der Waals surface area contributed by atoms with Crippen LogP contribution in [0, 0.1) is 0 Å². The molecule has 0 atom stereocenters. The van der Waals surface area contributed by atoms with Crippen LogP contribution in [0.15, 0.2) is 24.3 Å². The van der Waals surface area contributed by atoms with Crippen LogP contribution in [-0.2, 0) is 6.42 Å². The van der Waals surface area contributed by atoms with Crippen molar-refractivity contribution in [1.82, 2.24) is 4.90 Å². The Labute approximate surface area is 97.3 Å². The first-order chi connectivity index (χ1) is 7.54. The van der Waals surface area contributed by atoms with E-state index in [-0.39, 0.29) is 11.4 Å². The fraction of sp³-hybridized carbons (Fsp3) is 0.500. The van der Waals surface area contributed by atoms with Gasteiger partial charge < -0.3 is 4.90 Å². The Balaban J connectivity index is 2.15. The zero-order chi connectivity index (χ0) is 11.8. The van der Waals surface area contributed by atoms with E-state index >= 15 is 0 Å². The molecule has 16 heavy (non-hydrogen) atoms. The summed E-state index contributed by atoms with van der Waals surface area (Å²) >= 11 is 0. The molecule has 0 aliphatic carbocycles. The van der Waals surface area contributed by atoms with Gasteiger partial charge in [-0.15, -0.1) is 0 Å². The molecular weight excluding hydrogens is 198 g/mol. The van der Waals surface area contributed by atoms with Crippen molar-refractivity contribution in [3.63, 3.8) is 0 Å². The van der Waals surface area contributed by atoms with Crippen LogP contribution in [0.1, 0.15) is 43.1 Å². The van der Waals surface area contributed by atoms with E-state index in [1.54, 1.807) is 0 Å². The number of amides is 1. The number of nitrogens with zero attached hydrogens (tertiary/aromatic N) is 1. The van der Waals surface area contributed by atoms with E-state index < -0.39 is 0 Å². The van der Waals surface area contributed by atoms with E-state index in [9.17, 15) is 4.79 Å². The maximum absolute atomic E-state index is 12.2. The van der Waals surface area contributed by atoms with Gasteiger partial charge in [-0.25, -0.2) is 0 Å². The molecule has 2 nitrogen and oxygen atoms in total. The van der Waals surface area contributed by atoms with Gasteiger partial charge in [-0.1, -0.05) is 19.1 Å².